The molecule has 1 aromatic rings. The summed E-state index contributed by atoms with van der Waals surface area (Å²) in [6.07, 6.45) is 0.383. The largest absolute Gasteiger partial charge is 0.481 e. The van der Waals surface area contributed by atoms with Crippen molar-refractivity contribution in [1.29, 1.82) is 0 Å². The fraction of sp³-hybridized carbons (Fsp3) is 0.444. The van der Waals surface area contributed by atoms with Crippen molar-refractivity contribution in [3.05, 3.63) is 35.4 Å². The number of imide groups is 1. The number of rotatable bonds is 4. The van der Waals surface area contributed by atoms with Crippen molar-refractivity contribution < 1.29 is 24.3 Å². The van der Waals surface area contributed by atoms with Crippen LogP contribution in [0.3, 0.4) is 0 Å². The molecule has 1 N–H and O–H groups in total. The first-order valence-electron chi connectivity index (χ1n) is 8.31. The third-order valence-corrected chi connectivity index (χ3v) is 4.84. The zero-order chi connectivity index (χ0) is 18.3. The summed E-state index contributed by atoms with van der Waals surface area (Å²) in [5, 5.41) is 9.12. The van der Waals surface area contributed by atoms with Crippen molar-refractivity contribution in [3.63, 3.8) is 0 Å². The number of amides is 3. The predicted octanol–water partition coefficient (Wildman–Crippen LogP) is 1.24. The minimum absolute atomic E-state index is 0.112. The second-order valence-electron chi connectivity index (χ2n) is 6.82. The molecule has 7 nitrogen and oxygen atoms in total. The van der Waals surface area contributed by atoms with E-state index in [0.717, 1.165) is 4.90 Å². The summed E-state index contributed by atoms with van der Waals surface area (Å²) in [6.45, 7) is 3.98. The van der Waals surface area contributed by atoms with E-state index in [2.05, 4.69) is 0 Å². The van der Waals surface area contributed by atoms with Crippen molar-refractivity contribution in [2.75, 3.05) is 13.1 Å². The number of carboxylic acid groups (broad SMARTS) is 1. The fourth-order valence-corrected chi connectivity index (χ4v) is 3.50. The van der Waals surface area contributed by atoms with Crippen LogP contribution in [0.25, 0.3) is 0 Å². The molecule has 0 radical (unpaired) electrons. The molecule has 0 saturated carbocycles. The number of hydrogen-bond acceptors (Lipinski definition) is 4. The van der Waals surface area contributed by atoms with Gasteiger partial charge in [-0.15, -0.1) is 0 Å². The summed E-state index contributed by atoms with van der Waals surface area (Å²) < 4.78 is 0. The molecule has 1 aromatic carbocycles. The van der Waals surface area contributed by atoms with E-state index in [-0.39, 0.29) is 18.4 Å². The Kier molecular flexibility index (Phi) is 4.32. The zero-order valence-corrected chi connectivity index (χ0v) is 14.1. The first-order chi connectivity index (χ1) is 11.8. The Hall–Kier alpha value is -2.70. The maximum atomic E-state index is 13.0. The maximum Gasteiger partial charge on any atom is 0.308 e. The number of fused-ring (bicyclic) bond motifs is 1. The molecule has 2 aliphatic heterocycles. The molecule has 2 heterocycles. The SMILES string of the molecule is CC(C)C(C(=O)N1CCC(C(=O)O)C1)N1C(=O)c2ccccc2C1=O. The highest BCUT2D eigenvalue weighted by molar-refractivity contribution is 6.22. The van der Waals surface area contributed by atoms with Crippen LogP contribution in [-0.4, -0.2) is 57.7 Å². The number of aliphatic carboxylic acids is 1. The van der Waals surface area contributed by atoms with Gasteiger partial charge < -0.3 is 10.0 Å². The van der Waals surface area contributed by atoms with Crippen molar-refractivity contribution in [3.8, 4) is 0 Å². The highest BCUT2D eigenvalue weighted by Crippen LogP contribution is 2.29. The van der Waals surface area contributed by atoms with E-state index in [1.807, 2.05) is 0 Å². The van der Waals surface area contributed by atoms with E-state index in [1.165, 1.54) is 4.90 Å². The van der Waals surface area contributed by atoms with E-state index in [9.17, 15) is 19.2 Å². The molecule has 0 aromatic heterocycles. The van der Waals surface area contributed by atoms with Gasteiger partial charge in [-0.25, -0.2) is 0 Å². The van der Waals surface area contributed by atoms with E-state index >= 15 is 0 Å². The Bertz CT molecular complexity index is 723. The van der Waals surface area contributed by atoms with Crippen LogP contribution in [0.2, 0.25) is 0 Å². The van der Waals surface area contributed by atoms with E-state index in [0.29, 0.717) is 24.1 Å². The molecule has 25 heavy (non-hydrogen) atoms. The van der Waals surface area contributed by atoms with Crippen molar-refractivity contribution in [2.24, 2.45) is 11.8 Å². The molecular weight excluding hydrogens is 324 g/mol. The minimum Gasteiger partial charge on any atom is -0.481 e. The van der Waals surface area contributed by atoms with Crippen molar-refractivity contribution in [1.82, 2.24) is 9.80 Å². The number of carbonyl (C=O) groups excluding carboxylic acids is 3. The van der Waals surface area contributed by atoms with Gasteiger partial charge in [0.1, 0.15) is 6.04 Å². The first-order valence-corrected chi connectivity index (χ1v) is 8.31. The molecule has 7 heteroatoms. The average Bonchev–Trinajstić information content (AvgIpc) is 3.15. The summed E-state index contributed by atoms with van der Waals surface area (Å²) in [7, 11) is 0. The van der Waals surface area contributed by atoms with E-state index in [4.69, 9.17) is 5.11 Å². The molecule has 3 rings (SSSR count). The molecule has 132 valence electrons. The summed E-state index contributed by atoms with van der Waals surface area (Å²) in [6, 6.07) is 5.58. The van der Waals surface area contributed by atoms with Crippen LogP contribution < -0.4 is 0 Å². The van der Waals surface area contributed by atoms with Crippen molar-refractivity contribution >= 4 is 23.7 Å². The average molecular weight is 344 g/mol. The number of hydrogen-bond donors (Lipinski definition) is 1. The summed E-state index contributed by atoms with van der Waals surface area (Å²) in [5.41, 5.74) is 0.603. The Morgan fingerprint density at radius 2 is 1.68 bits per heavy atom. The van der Waals surface area contributed by atoms with Gasteiger partial charge in [0.05, 0.1) is 17.0 Å². The van der Waals surface area contributed by atoms with Crippen LogP contribution in [0.1, 0.15) is 41.0 Å². The lowest BCUT2D eigenvalue weighted by atomic mass is 10.0. The van der Waals surface area contributed by atoms with Crippen LogP contribution in [-0.2, 0) is 9.59 Å². The molecule has 0 aliphatic carbocycles. The summed E-state index contributed by atoms with van der Waals surface area (Å²) in [4.78, 5) is 52.0. The van der Waals surface area contributed by atoms with Gasteiger partial charge in [-0.2, -0.15) is 0 Å². The molecule has 1 fully saturated rings. The third-order valence-electron chi connectivity index (χ3n) is 4.84. The molecule has 3 amide bonds. The second kappa shape index (κ2) is 6.31. The number of likely N-dealkylation sites (tertiary alicyclic amines) is 1. The number of carboxylic acids is 1. The van der Waals surface area contributed by atoms with Crippen LogP contribution in [0, 0.1) is 11.8 Å². The number of nitrogens with zero attached hydrogens (tertiary/aromatic N) is 2. The van der Waals surface area contributed by atoms with Crippen molar-refractivity contribution in [2.45, 2.75) is 26.3 Å². The lowest BCUT2D eigenvalue weighted by Gasteiger charge is -2.31. The highest BCUT2D eigenvalue weighted by Gasteiger charge is 2.46. The Morgan fingerprint density at radius 1 is 1.12 bits per heavy atom. The lowest BCUT2D eigenvalue weighted by molar-refractivity contribution is -0.141. The van der Waals surface area contributed by atoms with Crippen LogP contribution in [0.4, 0.5) is 0 Å². The molecule has 2 unspecified atom stereocenters. The summed E-state index contributed by atoms with van der Waals surface area (Å²) >= 11 is 0. The molecule has 1 saturated heterocycles. The second-order valence-corrected chi connectivity index (χ2v) is 6.82. The van der Waals surface area contributed by atoms with Gasteiger partial charge >= 0.3 is 5.97 Å². The Morgan fingerprint density at radius 3 is 2.12 bits per heavy atom. The smallest absolute Gasteiger partial charge is 0.308 e. The van der Waals surface area contributed by atoms with Gasteiger partial charge in [0.15, 0.2) is 0 Å². The number of carbonyl (C=O) groups is 4. The monoisotopic (exact) mass is 344 g/mol. The predicted molar refractivity (Wildman–Crippen MR) is 87.9 cm³/mol. The number of benzene rings is 1. The molecule has 0 bridgehead atoms. The Balaban J connectivity index is 1.88. The molecule has 2 atom stereocenters. The minimum atomic E-state index is -0.933. The maximum absolute atomic E-state index is 13.0. The van der Waals surface area contributed by atoms with Crippen LogP contribution in [0.5, 0.6) is 0 Å². The third kappa shape index (κ3) is 2.79. The van der Waals surface area contributed by atoms with Gasteiger partial charge in [-0.3, -0.25) is 24.1 Å². The van der Waals surface area contributed by atoms with Gasteiger partial charge in [-0.1, -0.05) is 26.0 Å². The quantitative estimate of drug-likeness (QED) is 0.829. The van der Waals surface area contributed by atoms with Gasteiger partial charge in [-0.05, 0) is 24.5 Å². The molecule has 2 aliphatic rings. The standard InChI is InChI=1S/C18H20N2O5/c1-10(2)14(17(23)19-8-7-11(9-19)18(24)25)20-15(21)12-5-3-4-6-13(12)16(20)22/h3-6,10-11,14H,7-9H2,1-2H3,(H,24,25). The summed E-state index contributed by atoms with van der Waals surface area (Å²) in [5.74, 6) is -3.12. The zero-order valence-electron chi connectivity index (χ0n) is 14.1. The molecule has 0 spiro atoms. The van der Waals surface area contributed by atoms with E-state index < -0.39 is 29.7 Å². The topological polar surface area (TPSA) is 95.0 Å². The fourth-order valence-electron chi connectivity index (χ4n) is 3.50. The van der Waals surface area contributed by atoms with Gasteiger partial charge in [0.25, 0.3) is 11.8 Å². The molecular formula is C18H20N2O5. The lowest BCUT2D eigenvalue weighted by Crippen LogP contribution is -2.53. The Labute approximate surface area is 145 Å². The van der Waals surface area contributed by atoms with Crippen LogP contribution in [0.15, 0.2) is 24.3 Å². The van der Waals surface area contributed by atoms with Gasteiger partial charge in [0, 0.05) is 13.1 Å². The highest BCUT2D eigenvalue weighted by atomic mass is 16.4. The van der Waals surface area contributed by atoms with Gasteiger partial charge in [0.2, 0.25) is 5.91 Å². The van der Waals surface area contributed by atoms with Crippen LogP contribution >= 0.6 is 0 Å². The normalized spacial score (nSPS) is 21.0. The first kappa shape index (κ1) is 17.1. The van der Waals surface area contributed by atoms with E-state index in [1.54, 1.807) is 38.1 Å².